The zero-order valence-electron chi connectivity index (χ0n) is 19.6. The normalized spacial score (nSPS) is 20.2. The van der Waals surface area contributed by atoms with Gasteiger partial charge in [-0.3, -0.25) is 9.78 Å². The molecule has 36 heavy (non-hydrogen) atoms. The molecule has 4 heterocycles. The molecule has 5 rings (SSSR count). The summed E-state index contributed by atoms with van der Waals surface area (Å²) in [4.78, 5) is 26.9. The Hall–Kier alpha value is -3.91. The van der Waals surface area contributed by atoms with E-state index in [-0.39, 0.29) is 32.0 Å². The molecule has 1 saturated carbocycles. The fourth-order valence-electron chi connectivity index (χ4n) is 4.45. The van der Waals surface area contributed by atoms with E-state index >= 15 is 0 Å². The molecule has 2 fully saturated rings. The minimum Gasteiger partial charge on any atom is -0.396 e. The van der Waals surface area contributed by atoms with Gasteiger partial charge < -0.3 is 19.9 Å². The van der Waals surface area contributed by atoms with Gasteiger partial charge in [-0.1, -0.05) is 6.92 Å². The first-order valence-electron chi connectivity index (χ1n) is 11.6. The molecule has 11 heteroatoms. The predicted octanol–water partition coefficient (Wildman–Crippen LogP) is 3.29. The highest BCUT2D eigenvalue weighted by molar-refractivity contribution is 5.84. The summed E-state index contributed by atoms with van der Waals surface area (Å²) >= 11 is 0. The standard InChI is InChI=1S/C25H25F2N7O2/c1-16(13-35)20-3-2-18(11-30-20)31-23-29-8-4-21(32-23)17-5-9-34(12-17)24(6-7-28)14-33(15-24)22(36)19-10-25(19,26)27/h2-5,8-9,11-12,16,19,35H,6,10,13-15H2,1H3,(H,29,31,32)/t16?,19-/m0/s1. The second-order valence-corrected chi connectivity index (χ2v) is 9.52. The van der Waals surface area contributed by atoms with E-state index in [1.165, 1.54) is 4.90 Å². The second-order valence-electron chi connectivity index (χ2n) is 9.52. The number of aliphatic hydroxyl groups is 1. The number of nitriles is 1. The number of aliphatic hydroxyl groups excluding tert-OH is 1. The number of halogens is 2. The quantitative estimate of drug-likeness (QED) is 0.494. The van der Waals surface area contributed by atoms with Crippen LogP contribution in [0.4, 0.5) is 20.4 Å². The first-order valence-corrected chi connectivity index (χ1v) is 11.6. The Bertz CT molecular complexity index is 1310. The maximum atomic E-state index is 13.3. The molecule has 2 aliphatic rings. The highest BCUT2D eigenvalue weighted by Gasteiger charge is 2.64. The summed E-state index contributed by atoms with van der Waals surface area (Å²) in [5.41, 5.74) is 2.28. The van der Waals surface area contributed by atoms with Crippen LogP contribution >= 0.6 is 0 Å². The zero-order valence-corrected chi connectivity index (χ0v) is 19.6. The number of carbonyl (C=O) groups is 1. The molecule has 0 bridgehead atoms. The van der Waals surface area contributed by atoms with E-state index in [2.05, 4.69) is 26.3 Å². The number of hydrogen-bond acceptors (Lipinski definition) is 7. The van der Waals surface area contributed by atoms with E-state index in [1.807, 2.05) is 42.1 Å². The highest BCUT2D eigenvalue weighted by Crippen LogP contribution is 2.51. The number of rotatable bonds is 8. The zero-order chi connectivity index (χ0) is 25.5. The Morgan fingerprint density at radius 1 is 1.31 bits per heavy atom. The Balaban J connectivity index is 1.29. The molecular weight excluding hydrogens is 468 g/mol. The van der Waals surface area contributed by atoms with Gasteiger partial charge in [0.25, 0.3) is 5.92 Å². The predicted molar refractivity (Wildman–Crippen MR) is 126 cm³/mol. The van der Waals surface area contributed by atoms with Crippen molar-refractivity contribution in [1.29, 1.82) is 5.26 Å². The van der Waals surface area contributed by atoms with Gasteiger partial charge in [0.05, 0.1) is 42.2 Å². The van der Waals surface area contributed by atoms with E-state index in [4.69, 9.17) is 0 Å². The van der Waals surface area contributed by atoms with Crippen LogP contribution < -0.4 is 5.32 Å². The topological polar surface area (TPSA) is 120 Å². The fourth-order valence-corrected chi connectivity index (χ4v) is 4.45. The van der Waals surface area contributed by atoms with Gasteiger partial charge in [0.15, 0.2) is 0 Å². The molecule has 1 aliphatic carbocycles. The van der Waals surface area contributed by atoms with Crippen molar-refractivity contribution in [2.24, 2.45) is 5.92 Å². The molecule has 1 aliphatic heterocycles. The largest absolute Gasteiger partial charge is 0.396 e. The second kappa shape index (κ2) is 8.95. The third-order valence-electron chi connectivity index (χ3n) is 6.83. The van der Waals surface area contributed by atoms with E-state index in [0.717, 1.165) is 11.3 Å². The van der Waals surface area contributed by atoms with Crippen LogP contribution in [-0.4, -0.2) is 61.1 Å². The van der Waals surface area contributed by atoms with E-state index < -0.39 is 29.7 Å². The lowest BCUT2D eigenvalue weighted by molar-refractivity contribution is -0.145. The molecule has 1 unspecified atom stereocenters. The SMILES string of the molecule is CC(CO)c1ccc(Nc2nccc(-c3ccn(C4(CC#N)CN(C(=O)[C@@H]5CC5(F)F)C4)c3)n2)cn1. The van der Waals surface area contributed by atoms with Crippen molar-refractivity contribution >= 4 is 17.5 Å². The number of nitrogens with zero attached hydrogens (tertiary/aromatic N) is 6. The molecule has 1 amide bonds. The maximum absolute atomic E-state index is 13.3. The molecule has 2 atom stereocenters. The van der Waals surface area contributed by atoms with Crippen molar-refractivity contribution < 1.29 is 18.7 Å². The minimum absolute atomic E-state index is 0.0189. The van der Waals surface area contributed by atoms with E-state index in [1.54, 1.807) is 18.5 Å². The summed E-state index contributed by atoms with van der Waals surface area (Å²) in [6.07, 6.45) is 6.71. The third kappa shape index (κ3) is 4.40. The van der Waals surface area contributed by atoms with Gasteiger partial charge in [-0.25, -0.2) is 18.7 Å². The lowest BCUT2D eigenvalue weighted by atomic mass is 9.86. The van der Waals surface area contributed by atoms with Gasteiger partial charge in [0.1, 0.15) is 5.92 Å². The fraction of sp³-hybridized carbons (Fsp3) is 0.400. The summed E-state index contributed by atoms with van der Waals surface area (Å²) < 4.78 is 28.5. The van der Waals surface area contributed by atoms with Crippen LogP contribution in [0, 0.1) is 17.2 Å². The molecule has 9 nitrogen and oxygen atoms in total. The number of pyridine rings is 1. The molecule has 0 aromatic carbocycles. The molecule has 3 aromatic heterocycles. The Morgan fingerprint density at radius 2 is 2.08 bits per heavy atom. The number of nitrogens with one attached hydrogen (secondary N) is 1. The first-order chi connectivity index (χ1) is 17.2. The number of aromatic nitrogens is 4. The maximum Gasteiger partial charge on any atom is 0.260 e. The minimum atomic E-state index is -2.90. The lowest BCUT2D eigenvalue weighted by Crippen LogP contribution is -2.64. The number of carbonyl (C=O) groups excluding carboxylic acids is 1. The average molecular weight is 494 g/mol. The van der Waals surface area contributed by atoms with Crippen LogP contribution in [0.1, 0.15) is 31.4 Å². The lowest BCUT2D eigenvalue weighted by Gasteiger charge is -2.50. The van der Waals surface area contributed by atoms with Crippen LogP contribution in [0.5, 0.6) is 0 Å². The van der Waals surface area contributed by atoms with Crippen LogP contribution in [0.3, 0.4) is 0 Å². The molecular formula is C25H25F2N7O2. The van der Waals surface area contributed by atoms with Crippen molar-refractivity contribution in [2.75, 3.05) is 25.0 Å². The Labute approximate surface area is 206 Å². The van der Waals surface area contributed by atoms with Gasteiger partial charge in [-0.05, 0) is 24.3 Å². The van der Waals surface area contributed by atoms with Crippen LogP contribution in [0.2, 0.25) is 0 Å². The summed E-state index contributed by atoms with van der Waals surface area (Å²) in [6, 6.07) is 9.46. The highest BCUT2D eigenvalue weighted by atomic mass is 19.3. The molecule has 1 saturated heterocycles. The summed E-state index contributed by atoms with van der Waals surface area (Å²) in [7, 11) is 0. The van der Waals surface area contributed by atoms with Crippen LogP contribution in [0.15, 0.2) is 49.1 Å². The first kappa shape index (κ1) is 23.8. The average Bonchev–Trinajstić information content (AvgIpc) is 3.24. The smallest absolute Gasteiger partial charge is 0.260 e. The van der Waals surface area contributed by atoms with Gasteiger partial charge in [-0.15, -0.1) is 0 Å². The summed E-state index contributed by atoms with van der Waals surface area (Å²) in [5, 5.41) is 21.8. The van der Waals surface area contributed by atoms with Gasteiger partial charge in [0.2, 0.25) is 11.9 Å². The van der Waals surface area contributed by atoms with Crippen LogP contribution in [0.25, 0.3) is 11.3 Å². The molecule has 186 valence electrons. The van der Waals surface area contributed by atoms with E-state index in [9.17, 15) is 23.9 Å². The Morgan fingerprint density at radius 3 is 2.72 bits per heavy atom. The monoisotopic (exact) mass is 493 g/mol. The molecule has 0 radical (unpaired) electrons. The van der Waals surface area contributed by atoms with Gasteiger partial charge in [-0.2, -0.15) is 5.26 Å². The van der Waals surface area contributed by atoms with Crippen molar-refractivity contribution in [3.63, 3.8) is 0 Å². The summed E-state index contributed by atoms with van der Waals surface area (Å²) in [5.74, 6) is -4.35. The number of alkyl halides is 2. The third-order valence-corrected chi connectivity index (χ3v) is 6.83. The molecule has 2 N–H and O–H groups in total. The molecule has 0 spiro atoms. The number of amides is 1. The van der Waals surface area contributed by atoms with Gasteiger partial charge >= 0.3 is 0 Å². The number of likely N-dealkylation sites (tertiary alicyclic amines) is 1. The number of hydrogen-bond donors (Lipinski definition) is 2. The van der Waals surface area contributed by atoms with E-state index in [0.29, 0.717) is 17.3 Å². The Kier molecular flexibility index (Phi) is 5.92. The number of anilines is 2. The van der Waals surface area contributed by atoms with Gasteiger partial charge in [0, 0.05) is 55.3 Å². The van der Waals surface area contributed by atoms with Crippen molar-refractivity contribution in [2.45, 2.75) is 37.1 Å². The van der Waals surface area contributed by atoms with Crippen LogP contribution in [-0.2, 0) is 10.3 Å². The van der Waals surface area contributed by atoms with Crippen molar-refractivity contribution in [1.82, 2.24) is 24.4 Å². The van der Waals surface area contributed by atoms with Crippen molar-refractivity contribution in [3.05, 3.63) is 54.7 Å². The van der Waals surface area contributed by atoms with Crippen molar-refractivity contribution in [3.8, 4) is 17.3 Å². The summed E-state index contributed by atoms with van der Waals surface area (Å²) in [6.45, 7) is 2.34. The molecule has 3 aromatic rings.